The third-order valence-electron chi connectivity index (χ3n) is 3.18. The van der Waals surface area contributed by atoms with E-state index >= 15 is 0 Å². The molecule has 2 atom stereocenters. The van der Waals surface area contributed by atoms with Crippen molar-refractivity contribution < 1.29 is 29.3 Å². The highest BCUT2D eigenvalue weighted by Crippen LogP contribution is 2.16. The third-order valence-corrected chi connectivity index (χ3v) is 3.18. The summed E-state index contributed by atoms with van der Waals surface area (Å²) in [6.07, 6.45) is 1.13. The molecule has 0 bridgehead atoms. The first-order valence-electron chi connectivity index (χ1n) is 6.43. The lowest BCUT2D eigenvalue weighted by atomic mass is 9.99. The minimum Gasteiger partial charge on any atom is -0.481 e. The van der Waals surface area contributed by atoms with Crippen LogP contribution in [0.5, 0.6) is 0 Å². The van der Waals surface area contributed by atoms with Crippen molar-refractivity contribution in [1.82, 2.24) is 10.2 Å². The maximum absolute atomic E-state index is 12.0. The van der Waals surface area contributed by atoms with Gasteiger partial charge >= 0.3 is 18.0 Å². The van der Waals surface area contributed by atoms with E-state index in [0.29, 0.717) is 19.7 Å². The van der Waals surface area contributed by atoms with Gasteiger partial charge < -0.3 is 25.2 Å². The van der Waals surface area contributed by atoms with Crippen LogP contribution in [0.4, 0.5) is 4.79 Å². The van der Waals surface area contributed by atoms with Gasteiger partial charge in [0.25, 0.3) is 0 Å². The van der Waals surface area contributed by atoms with Gasteiger partial charge in [0.15, 0.2) is 0 Å². The lowest BCUT2D eigenvalue weighted by Gasteiger charge is -2.33. The molecule has 8 heteroatoms. The van der Waals surface area contributed by atoms with Crippen LogP contribution in [0.15, 0.2) is 0 Å². The molecule has 0 aromatic carbocycles. The molecule has 0 spiro atoms. The second-order valence-corrected chi connectivity index (χ2v) is 4.85. The first-order chi connectivity index (χ1) is 9.43. The Balaban J connectivity index is 2.55. The van der Waals surface area contributed by atoms with Gasteiger partial charge in [0.1, 0.15) is 6.04 Å². The standard InChI is InChI=1S/C12H20N2O6/c1-20-7-8-3-2-4-14(6-8)12(19)13-9(11(17)18)5-10(15)16/h8-9H,2-7H2,1H3,(H,13,19)(H,15,16)(H,17,18). The lowest BCUT2D eigenvalue weighted by molar-refractivity contribution is -0.145. The van der Waals surface area contributed by atoms with E-state index in [9.17, 15) is 14.4 Å². The number of hydrogen-bond donors (Lipinski definition) is 3. The maximum atomic E-state index is 12.0. The minimum absolute atomic E-state index is 0.224. The lowest BCUT2D eigenvalue weighted by Crippen LogP contribution is -2.51. The van der Waals surface area contributed by atoms with Crippen LogP contribution in [0.2, 0.25) is 0 Å². The Labute approximate surface area is 116 Å². The van der Waals surface area contributed by atoms with Crippen molar-refractivity contribution in [3.8, 4) is 0 Å². The summed E-state index contributed by atoms with van der Waals surface area (Å²) in [6.45, 7) is 1.56. The second-order valence-electron chi connectivity index (χ2n) is 4.85. The van der Waals surface area contributed by atoms with E-state index in [1.807, 2.05) is 0 Å². The summed E-state index contributed by atoms with van der Waals surface area (Å²) in [4.78, 5) is 34.9. The zero-order valence-corrected chi connectivity index (χ0v) is 11.4. The Morgan fingerprint density at radius 2 is 2.10 bits per heavy atom. The molecule has 1 aliphatic heterocycles. The van der Waals surface area contributed by atoms with Crippen molar-refractivity contribution in [2.75, 3.05) is 26.8 Å². The van der Waals surface area contributed by atoms with Crippen LogP contribution in [0.1, 0.15) is 19.3 Å². The summed E-state index contributed by atoms with van der Waals surface area (Å²) in [5.74, 6) is -2.40. The minimum atomic E-state index is -1.41. The van der Waals surface area contributed by atoms with Gasteiger partial charge in [-0.2, -0.15) is 0 Å². The van der Waals surface area contributed by atoms with E-state index in [1.165, 1.54) is 4.90 Å². The predicted molar refractivity (Wildman–Crippen MR) is 68.4 cm³/mol. The van der Waals surface area contributed by atoms with Crippen molar-refractivity contribution in [3.05, 3.63) is 0 Å². The summed E-state index contributed by atoms with van der Waals surface area (Å²) in [5.41, 5.74) is 0. The Morgan fingerprint density at radius 1 is 1.40 bits per heavy atom. The molecule has 0 radical (unpaired) electrons. The Morgan fingerprint density at radius 3 is 2.65 bits per heavy atom. The second kappa shape index (κ2) is 7.68. The van der Waals surface area contributed by atoms with Gasteiger partial charge in [-0.05, 0) is 12.8 Å². The molecule has 3 N–H and O–H groups in total. The van der Waals surface area contributed by atoms with E-state index in [4.69, 9.17) is 14.9 Å². The van der Waals surface area contributed by atoms with E-state index in [2.05, 4.69) is 5.32 Å². The summed E-state index contributed by atoms with van der Waals surface area (Å²) in [7, 11) is 1.59. The van der Waals surface area contributed by atoms with Gasteiger partial charge in [0, 0.05) is 26.1 Å². The van der Waals surface area contributed by atoms with Crippen molar-refractivity contribution in [2.45, 2.75) is 25.3 Å². The number of piperidine rings is 1. The number of carboxylic acids is 2. The molecule has 2 unspecified atom stereocenters. The number of ether oxygens (including phenoxy) is 1. The molecule has 0 aromatic heterocycles. The molecule has 20 heavy (non-hydrogen) atoms. The summed E-state index contributed by atoms with van der Waals surface area (Å²) in [6, 6.07) is -1.96. The third kappa shape index (κ3) is 5.04. The normalized spacial score (nSPS) is 20.2. The van der Waals surface area contributed by atoms with E-state index in [-0.39, 0.29) is 5.92 Å². The molecule has 1 saturated heterocycles. The van der Waals surface area contributed by atoms with Gasteiger partial charge in [0.2, 0.25) is 0 Å². The van der Waals surface area contributed by atoms with Crippen LogP contribution in [0, 0.1) is 5.92 Å². The van der Waals surface area contributed by atoms with Crippen LogP contribution >= 0.6 is 0 Å². The van der Waals surface area contributed by atoms with Gasteiger partial charge in [-0.25, -0.2) is 9.59 Å². The molecule has 0 aromatic rings. The van der Waals surface area contributed by atoms with Crippen molar-refractivity contribution in [1.29, 1.82) is 0 Å². The molecular formula is C12H20N2O6. The number of carbonyl (C=O) groups excluding carboxylic acids is 1. The van der Waals surface area contributed by atoms with E-state index < -0.39 is 30.4 Å². The number of nitrogens with one attached hydrogen (secondary N) is 1. The largest absolute Gasteiger partial charge is 0.481 e. The van der Waals surface area contributed by atoms with Crippen molar-refractivity contribution >= 4 is 18.0 Å². The quantitative estimate of drug-likeness (QED) is 0.632. The Kier molecular flexibility index (Phi) is 6.23. The highest BCUT2D eigenvalue weighted by atomic mass is 16.5. The number of carbonyl (C=O) groups is 3. The SMILES string of the molecule is COCC1CCCN(C(=O)NC(CC(=O)O)C(=O)O)C1. The predicted octanol–water partition coefficient (Wildman–Crippen LogP) is -0.0177. The first kappa shape index (κ1) is 16.2. The molecule has 1 rings (SSSR count). The average molecular weight is 288 g/mol. The Bertz CT molecular complexity index is 371. The fourth-order valence-electron chi connectivity index (χ4n) is 2.24. The number of amides is 2. The highest BCUT2D eigenvalue weighted by molar-refractivity contribution is 5.86. The van der Waals surface area contributed by atoms with E-state index in [1.54, 1.807) is 7.11 Å². The van der Waals surface area contributed by atoms with Crippen molar-refractivity contribution in [2.24, 2.45) is 5.92 Å². The molecule has 1 fully saturated rings. The zero-order valence-electron chi connectivity index (χ0n) is 11.4. The Hall–Kier alpha value is -1.83. The molecular weight excluding hydrogens is 268 g/mol. The van der Waals surface area contributed by atoms with Gasteiger partial charge in [-0.15, -0.1) is 0 Å². The smallest absolute Gasteiger partial charge is 0.326 e. The highest BCUT2D eigenvalue weighted by Gasteiger charge is 2.28. The molecule has 2 amide bonds. The van der Waals surface area contributed by atoms with E-state index in [0.717, 1.165) is 12.8 Å². The molecule has 0 aliphatic carbocycles. The summed E-state index contributed by atoms with van der Waals surface area (Å²) < 4.78 is 5.05. The summed E-state index contributed by atoms with van der Waals surface area (Å²) >= 11 is 0. The summed E-state index contributed by atoms with van der Waals surface area (Å²) in [5, 5.41) is 19.8. The number of likely N-dealkylation sites (tertiary alicyclic amines) is 1. The number of aliphatic carboxylic acids is 2. The topological polar surface area (TPSA) is 116 Å². The van der Waals surface area contributed by atoms with Crippen LogP contribution in [0.3, 0.4) is 0 Å². The van der Waals surface area contributed by atoms with Crippen LogP contribution in [0.25, 0.3) is 0 Å². The number of carboxylic acid groups (broad SMARTS) is 2. The number of hydrogen-bond acceptors (Lipinski definition) is 4. The first-order valence-corrected chi connectivity index (χ1v) is 6.43. The van der Waals surface area contributed by atoms with Gasteiger partial charge in [0.05, 0.1) is 13.0 Å². The fraction of sp³-hybridized carbons (Fsp3) is 0.750. The number of urea groups is 1. The molecule has 0 saturated carbocycles. The average Bonchev–Trinajstić information content (AvgIpc) is 2.38. The molecule has 8 nitrogen and oxygen atoms in total. The van der Waals surface area contributed by atoms with Gasteiger partial charge in [-0.3, -0.25) is 4.79 Å². The fourth-order valence-corrected chi connectivity index (χ4v) is 2.24. The zero-order chi connectivity index (χ0) is 15.1. The van der Waals surface area contributed by atoms with Crippen LogP contribution in [-0.4, -0.2) is 65.9 Å². The number of nitrogens with zero attached hydrogens (tertiary/aromatic N) is 1. The maximum Gasteiger partial charge on any atom is 0.326 e. The van der Waals surface area contributed by atoms with Crippen molar-refractivity contribution in [3.63, 3.8) is 0 Å². The number of rotatable bonds is 6. The van der Waals surface area contributed by atoms with Crippen LogP contribution in [-0.2, 0) is 14.3 Å². The molecule has 1 heterocycles. The molecule has 114 valence electrons. The van der Waals surface area contributed by atoms with Gasteiger partial charge in [-0.1, -0.05) is 0 Å². The van der Waals surface area contributed by atoms with Crippen LogP contribution < -0.4 is 5.32 Å². The monoisotopic (exact) mass is 288 g/mol. The molecule has 1 aliphatic rings. The number of methoxy groups -OCH3 is 1.